The number of likely N-dealkylation sites (tertiary alicyclic amines) is 1. The summed E-state index contributed by atoms with van der Waals surface area (Å²) in [4.78, 5) is 40.5. The highest BCUT2D eigenvalue weighted by molar-refractivity contribution is 6.25. The first kappa shape index (κ1) is 25.1. The van der Waals surface area contributed by atoms with E-state index < -0.39 is 66.5 Å². The summed E-state index contributed by atoms with van der Waals surface area (Å²) in [6.45, 7) is -0.855. The van der Waals surface area contributed by atoms with Crippen LogP contribution in [-0.2, 0) is 9.59 Å². The molecule has 0 N–H and O–H groups in total. The fraction of sp³-hybridized carbons (Fsp3) is 0.409. The molecule has 2 aromatic carbocycles. The van der Waals surface area contributed by atoms with Gasteiger partial charge in [0.2, 0.25) is 0 Å². The fourth-order valence-corrected chi connectivity index (χ4v) is 5.21. The highest BCUT2D eigenvalue weighted by Gasteiger charge is 2.84. The standard InChI is InChI=1S/C22H14F9N3O3/c23-19(24,20(25,26)21(27,28)22(29,30)31)17(36)32-9-11-8-14(32)15-16(35)34(18(37)33(11)15)13-7-3-5-10-4-1-2-6-12(10)13/h1-7,11,14-15H,8-9H2. The lowest BCUT2D eigenvalue weighted by molar-refractivity contribution is -0.389. The van der Waals surface area contributed by atoms with Gasteiger partial charge in [-0.2, -0.15) is 39.5 Å². The molecule has 0 aliphatic carbocycles. The molecule has 0 spiro atoms. The number of fused-ring (bicyclic) bond motifs is 6. The van der Waals surface area contributed by atoms with Gasteiger partial charge in [-0.15, -0.1) is 0 Å². The molecule has 0 aromatic heterocycles. The Morgan fingerprint density at radius 1 is 0.838 bits per heavy atom. The summed E-state index contributed by atoms with van der Waals surface area (Å²) in [5.74, 6) is -24.8. The van der Waals surface area contributed by atoms with Gasteiger partial charge in [0, 0.05) is 11.9 Å². The number of nitrogens with zero attached hydrogens (tertiary/aromatic N) is 3. The summed E-state index contributed by atoms with van der Waals surface area (Å²) >= 11 is 0. The Balaban J connectivity index is 1.47. The highest BCUT2D eigenvalue weighted by Crippen LogP contribution is 2.54. The first-order valence-corrected chi connectivity index (χ1v) is 10.7. The van der Waals surface area contributed by atoms with Crippen LogP contribution in [0.25, 0.3) is 10.8 Å². The van der Waals surface area contributed by atoms with Crippen molar-refractivity contribution >= 4 is 34.3 Å². The summed E-state index contributed by atoms with van der Waals surface area (Å²) in [6, 6.07) is 6.03. The summed E-state index contributed by atoms with van der Waals surface area (Å²) in [5.41, 5.74) is 0.126. The lowest BCUT2D eigenvalue weighted by Crippen LogP contribution is -2.67. The maximum atomic E-state index is 14.3. The number of piperazine rings is 1. The average molecular weight is 539 g/mol. The Morgan fingerprint density at radius 3 is 2.11 bits per heavy atom. The maximum Gasteiger partial charge on any atom is 0.460 e. The highest BCUT2D eigenvalue weighted by atomic mass is 19.4. The van der Waals surface area contributed by atoms with E-state index in [1.165, 1.54) is 12.1 Å². The molecule has 2 bridgehead atoms. The number of halogens is 9. The summed E-state index contributed by atoms with van der Waals surface area (Å²) in [7, 11) is 0. The van der Waals surface area contributed by atoms with E-state index in [2.05, 4.69) is 0 Å². The van der Waals surface area contributed by atoms with Crippen molar-refractivity contribution in [2.24, 2.45) is 0 Å². The number of benzene rings is 2. The van der Waals surface area contributed by atoms with Gasteiger partial charge in [-0.05, 0) is 17.9 Å². The van der Waals surface area contributed by atoms with Gasteiger partial charge in [0.15, 0.2) is 0 Å². The fourth-order valence-electron chi connectivity index (χ4n) is 5.21. The van der Waals surface area contributed by atoms with Crippen molar-refractivity contribution in [3.8, 4) is 0 Å². The van der Waals surface area contributed by atoms with Gasteiger partial charge >= 0.3 is 30.0 Å². The Kier molecular flexibility index (Phi) is 5.10. The van der Waals surface area contributed by atoms with Crippen molar-refractivity contribution in [1.82, 2.24) is 9.80 Å². The number of anilines is 1. The van der Waals surface area contributed by atoms with Crippen molar-refractivity contribution in [3.63, 3.8) is 0 Å². The predicted octanol–water partition coefficient (Wildman–Crippen LogP) is 4.43. The molecule has 5 rings (SSSR count). The molecule has 3 atom stereocenters. The average Bonchev–Trinajstić information content (AvgIpc) is 3.48. The molecule has 3 aliphatic heterocycles. The molecule has 4 amide bonds. The third-order valence-electron chi connectivity index (χ3n) is 6.95. The lowest BCUT2D eigenvalue weighted by atomic mass is 10.0. The van der Waals surface area contributed by atoms with Gasteiger partial charge in [0.1, 0.15) is 6.04 Å². The lowest BCUT2D eigenvalue weighted by Gasteiger charge is -2.39. The van der Waals surface area contributed by atoms with Gasteiger partial charge in [0.25, 0.3) is 11.8 Å². The molecule has 3 aliphatic rings. The zero-order valence-electron chi connectivity index (χ0n) is 18.2. The molecule has 37 heavy (non-hydrogen) atoms. The second-order valence-corrected chi connectivity index (χ2v) is 8.94. The minimum absolute atomic E-state index is 0.00994. The third-order valence-corrected chi connectivity index (χ3v) is 6.95. The van der Waals surface area contributed by atoms with Crippen LogP contribution in [0.2, 0.25) is 0 Å². The Bertz CT molecular complexity index is 1320. The minimum Gasteiger partial charge on any atom is -0.330 e. The third kappa shape index (κ3) is 3.11. The molecular weight excluding hydrogens is 525 g/mol. The van der Waals surface area contributed by atoms with Crippen molar-refractivity contribution in [2.75, 3.05) is 11.4 Å². The van der Waals surface area contributed by atoms with Crippen LogP contribution in [0, 0.1) is 0 Å². The molecule has 198 valence electrons. The number of rotatable bonds is 4. The smallest absolute Gasteiger partial charge is 0.330 e. The van der Waals surface area contributed by atoms with Crippen LogP contribution in [0.15, 0.2) is 42.5 Å². The molecule has 15 heteroatoms. The van der Waals surface area contributed by atoms with Gasteiger partial charge in [0.05, 0.1) is 17.8 Å². The molecule has 0 radical (unpaired) electrons. The van der Waals surface area contributed by atoms with E-state index in [4.69, 9.17) is 0 Å². The van der Waals surface area contributed by atoms with Crippen LogP contribution in [0.3, 0.4) is 0 Å². The van der Waals surface area contributed by atoms with Gasteiger partial charge < -0.3 is 9.80 Å². The summed E-state index contributed by atoms with van der Waals surface area (Å²) in [5, 5.41) is 1.11. The zero-order chi connectivity index (χ0) is 27.3. The van der Waals surface area contributed by atoms with Crippen LogP contribution >= 0.6 is 0 Å². The number of hydrogen-bond donors (Lipinski definition) is 0. The van der Waals surface area contributed by atoms with E-state index in [0.29, 0.717) is 10.8 Å². The summed E-state index contributed by atoms with van der Waals surface area (Å²) in [6.07, 6.45) is -7.40. The second-order valence-electron chi connectivity index (χ2n) is 8.94. The molecule has 0 saturated carbocycles. The number of imide groups is 1. The van der Waals surface area contributed by atoms with Crippen LogP contribution in [0.5, 0.6) is 0 Å². The van der Waals surface area contributed by atoms with E-state index in [0.717, 1.165) is 9.80 Å². The minimum atomic E-state index is -7.23. The van der Waals surface area contributed by atoms with Gasteiger partial charge in [-0.1, -0.05) is 36.4 Å². The van der Waals surface area contributed by atoms with E-state index in [-0.39, 0.29) is 17.0 Å². The Morgan fingerprint density at radius 2 is 1.46 bits per heavy atom. The molecular formula is C22H14F9N3O3. The predicted molar refractivity (Wildman–Crippen MR) is 107 cm³/mol. The Labute approximate surface area is 201 Å². The van der Waals surface area contributed by atoms with E-state index >= 15 is 0 Å². The van der Waals surface area contributed by atoms with E-state index in [1.807, 2.05) is 0 Å². The Hall–Kier alpha value is -3.52. The topological polar surface area (TPSA) is 60.9 Å². The zero-order valence-corrected chi connectivity index (χ0v) is 18.2. The van der Waals surface area contributed by atoms with Gasteiger partial charge in [-0.3, -0.25) is 9.59 Å². The van der Waals surface area contributed by atoms with Crippen molar-refractivity contribution in [3.05, 3.63) is 42.5 Å². The second kappa shape index (κ2) is 7.51. The summed E-state index contributed by atoms with van der Waals surface area (Å²) < 4.78 is 120. The number of urea groups is 1. The molecule has 6 nitrogen and oxygen atoms in total. The van der Waals surface area contributed by atoms with Crippen LogP contribution < -0.4 is 4.90 Å². The number of carbonyl (C=O) groups is 3. The van der Waals surface area contributed by atoms with E-state index in [1.54, 1.807) is 30.3 Å². The maximum absolute atomic E-state index is 14.3. The molecule has 3 fully saturated rings. The van der Waals surface area contributed by atoms with Crippen molar-refractivity contribution < 1.29 is 53.9 Å². The van der Waals surface area contributed by atoms with Crippen LogP contribution in [0.1, 0.15) is 6.42 Å². The normalized spacial score (nSPS) is 24.5. The van der Waals surface area contributed by atoms with E-state index in [9.17, 15) is 53.9 Å². The monoisotopic (exact) mass is 539 g/mol. The SMILES string of the molecule is O=C1C2C3CC(CN3C(=O)C(F)(F)C(F)(F)C(F)(F)C(F)(F)F)N2C(=O)N1c1cccc2ccccc12. The largest absolute Gasteiger partial charge is 0.460 e. The van der Waals surface area contributed by atoms with Crippen LogP contribution in [0.4, 0.5) is 50.0 Å². The molecule has 3 unspecified atom stereocenters. The van der Waals surface area contributed by atoms with Crippen molar-refractivity contribution in [2.45, 2.75) is 48.5 Å². The number of hydrogen-bond acceptors (Lipinski definition) is 3. The van der Waals surface area contributed by atoms with Crippen LogP contribution in [-0.4, -0.2) is 76.3 Å². The molecule has 3 heterocycles. The number of carbonyl (C=O) groups excluding carboxylic acids is 3. The first-order valence-electron chi connectivity index (χ1n) is 10.7. The first-order chi connectivity index (χ1) is 17.0. The molecule has 3 saturated heterocycles. The number of amides is 4. The number of alkyl halides is 9. The quantitative estimate of drug-likeness (QED) is 0.427. The molecule has 2 aromatic rings. The van der Waals surface area contributed by atoms with Crippen molar-refractivity contribution in [1.29, 1.82) is 0 Å². The van der Waals surface area contributed by atoms with Gasteiger partial charge in [-0.25, -0.2) is 9.69 Å².